The van der Waals surface area contributed by atoms with E-state index in [1.165, 1.54) is 25.3 Å². The van der Waals surface area contributed by atoms with E-state index in [4.69, 9.17) is 0 Å². The Morgan fingerprint density at radius 3 is 2.78 bits per heavy atom. The average Bonchev–Trinajstić information content (AvgIpc) is 2.90. The van der Waals surface area contributed by atoms with Gasteiger partial charge in [0.1, 0.15) is 5.82 Å². The van der Waals surface area contributed by atoms with Crippen LogP contribution in [0.1, 0.15) is 30.5 Å². The third-order valence-electron chi connectivity index (χ3n) is 4.57. The van der Waals surface area contributed by atoms with Crippen molar-refractivity contribution in [2.45, 2.75) is 38.4 Å². The lowest BCUT2D eigenvalue weighted by molar-refractivity contribution is 0.109. The van der Waals surface area contributed by atoms with Gasteiger partial charge in [0.2, 0.25) is 5.78 Å². The van der Waals surface area contributed by atoms with Crippen LogP contribution in [0.15, 0.2) is 48.9 Å². The molecule has 0 unspecified atom stereocenters. The van der Waals surface area contributed by atoms with Crippen molar-refractivity contribution in [1.29, 1.82) is 0 Å². The molecule has 4 nitrogen and oxygen atoms in total. The molecular weight excluding hydrogens is 291 g/mol. The Balaban J connectivity index is 1.57. The smallest absolute Gasteiger partial charge is 0.233 e. The van der Waals surface area contributed by atoms with Crippen molar-refractivity contribution in [2.24, 2.45) is 0 Å². The first-order valence-corrected chi connectivity index (χ1v) is 8.05. The van der Waals surface area contributed by atoms with E-state index >= 15 is 0 Å². The lowest BCUT2D eigenvalue weighted by Crippen LogP contribution is -2.39. The molecule has 0 bridgehead atoms. The van der Waals surface area contributed by atoms with E-state index in [9.17, 15) is 4.39 Å². The second-order valence-electron chi connectivity index (χ2n) is 6.14. The van der Waals surface area contributed by atoms with Crippen molar-refractivity contribution in [3.63, 3.8) is 0 Å². The van der Waals surface area contributed by atoms with Crippen LogP contribution < -0.4 is 0 Å². The fourth-order valence-electron chi connectivity index (χ4n) is 3.08. The van der Waals surface area contributed by atoms with Crippen LogP contribution in [0.2, 0.25) is 0 Å². The zero-order valence-electron chi connectivity index (χ0n) is 12.9. The summed E-state index contributed by atoms with van der Waals surface area (Å²) in [5.74, 6) is 0.579. The van der Waals surface area contributed by atoms with Crippen molar-refractivity contribution in [3.8, 4) is 0 Å². The van der Waals surface area contributed by atoms with E-state index in [0.29, 0.717) is 18.4 Å². The highest BCUT2D eigenvalue weighted by Gasteiger charge is 2.26. The quantitative estimate of drug-likeness (QED) is 0.724. The van der Waals surface area contributed by atoms with E-state index in [0.717, 1.165) is 17.8 Å². The third kappa shape index (κ3) is 2.97. The molecule has 23 heavy (non-hydrogen) atoms. The van der Waals surface area contributed by atoms with Gasteiger partial charge < -0.3 is 0 Å². The van der Waals surface area contributed by atoms with Crippen molar-refractivity contribution in [2.75, 3.05) is 0 Å². The molecule has 1 aliphatic carbocycles. The second kappa shape index (κ2) is 6.08. The SMILES string of the molecule is Fc1ccccc1CN(Cc1cn2cccnc2n1)C1CCC1. The Kier molecular flexibility index (Phi) is 3.79. The summed E-state index contributed by atoms with van der Waals surface area (Å²) in [5, 5.41) is 0. The van der Waals surface area contributed by atoms with Gasteiger partial charge in [-0.3, -0.25) is 9.30 Å². The van der Waals surface area contributed by atoms with E-state index < -0.39 is 0 Å². The molecule has 0 atom stereocenters. The largest absolute Gasteiger partial charge is 0.291 e. The van der Waals surface area contributed by atoms with Crippen LogP contribution in [0.5, 0.6) is 0 Å². The lowest BCUT2D eigenvalue weighted by Gasteiger charge is -2.37. The molecule has 0 saturated heterocycles. The van der Waals surface area contributed by atoms with E-state index in [1.807, 2.05) is 35.0 Å². The molecular formula is C18H19FN4. The molecule has 1 aliphatic rings. The van der Waals surface area contributed by atoms with Crippen molar-refractivity contribution >= 4 is 5.78 Å². The Hall–Kier alpha value is -2.27. The number of rotatable bonds is 5. The second-order valence-corrected chi connectivity index (χ2v) is 6.14. The van der Waals surface area contributed by atoms with E-state index in [2.05, 4.69) is 14.9 Å². The van der Waals surface area contributed by atoms with Crippen molar-refractivity contribution < 1.29 is 4.39 Å². The first kappa shape index (κ1) is 14.3. The van der Waals surface area contributed by atoms with Gasteiger partial charge in [-0.05, 0) is 25.0 Å². The molecule has 3 aromatic rings. The van der Waals surface area contributed by atoms with Gasteiger partial charge in [-0.25, -0.2) is 14.4 Å². The molecule has 1 aromatic carbocycles. The number of imidazole rings is 1. The maximum absolute atomic E-state index is 14.0. The van der Waals surface area contributed by atoms with Gasteiger partial charge in [-0.1, -0.05) is 24.6 Å². The van der Waals surface area contributed by atoms with Gasteiger partial charge in [-0.15, -0.1) is 0 Å². The molecule has 5 heteroatoms. The van der Waals surface area contributed by atoms with Crippen LogP contribution in [0.3, 0.4) is 0 Å². The van der Waals surface area contributed by atoms with Crippen LogP contribution in [0.25, 0.3) is 5.78 Å². The Morgan fingerprint density at radius 1 is 1.17 bits per heavy atom. The van der Waals surface area contributed by atoms with E-state index in [-0.39, 0.29) is 5.82 Å². The third-order valence-corrected chi connectivity index (χ3v) is 4.57. The Labute approximate surface area is 134 Å². The first-order chi connectivity index (χ1) is 11.3. The number of aromatic nitrogens is 3. The number of hydrogen-bond acceptors (Lipinski definition) is 3. The van der Waals surface area contributed by atoms with Gasteiger partial charge in [0, 0.05) is 43.3 Å². The highest BCUT2D eigenvalue weighted by molar-refractivity contribution is 5.29. The predicted octanol–water partition coefficient (Wildman–Crippen LogP) is 3.42. The highest BCUT2D eigenvalue weighted by Crippen LogP contribution is 2.28. The summed E-state index contributed by atoms with van der Waals surface area (Å²) in [4.78, 5) is 11.2. The minimum atomic E-state index is -0.131. The zero-order valence-corrected chi connectivity index (χ0v) is 12.9. The summed E-state index contributed by atoms with van der Waals surface area (Å²) >= 11 is 0. The number of halogens is 1. The summed E-state index contributed by atoms with van der Waals surface area (Å²) < 4.78 is 15.9. The summed E-state index contributed by atoms with van der Waals surface area (Å²) in [6, 6.07) is 9.44. The topological polar surface area (TPSA) is 33.4 Å². The minimum absolute atomic E-state index is 0.131. The number of fused-ring (bicyclic) bond motifs is 1. The van der Waals surface area contributed by atoms with Crippen LogP contribution in [-0.2, 0) is 13.1 Å². The summed E-state index contributed by atoms with van der Waals surface area (Å²) in [6.45, 7) is 1.35. The first-order valence-electron chi connectivity index (χ1n) is 8.05. The van der Waals surface area contributed by atoms with Crippen LogP contribution in [-0.4, -0.2) is 25.3 Å². The average molecular weight is 310 g/mol. The Bertz CT molecular complexity index is 776. The maximum Gasteiger partial charge on any atom is 0.233 e. The summed E-state index contributed by atoms with van der Waals surface area (Å²) in [7, 11) is 0. The standard InChI is InChI=1S/C18H19FN4/c19-17-8-2-1-5-14(17)11-23(16-6-3-7-16)13-15-12-22-10-4-9-20-18(22)21-15/h1-2,4-5,8-10,12,16H,3,6-7,11,13H2. The number of benzene rings is 1. The minimum Gasteiger partial charge on any atom is -0.291 e. The number of hydrogen-bond donors (Lipinski definition) is 0. The maximum atomic E-state index is 14.0. The lowest BCUT2D eigenvalue weighted by atomic mass is 9.91. The normalized spacial score (nSPS) is 15.2. The molecule has 2 heterocycles. The zero-order chi connectivity index (χ0) is 15.6. The highest BCUT2D eigenvalue weighted by atomic mass is 19.1. The van der Waals surface area contributed by atoms with Gasteiger partial charge in [0.15, 0.2) is 0 Å². The molecule has 0 N–H and O–H groups in total. The van der Waals surface area contributed by atoms with Crippen molar-refractivity contribution in [1.82, 2.24) is 19.3 Å². The molecule has 0 amide bonds. The fourth-order valence-corrected chi connectivity index (χ4v) is 3.08. The van der Waals surface area contributed by atoms with Gasteiger partial charge in [0.25, 0.3) is 0 Å². The molecule has 0 aliphatic heterocycles. The van der Waals surface area contributed by atoms with E-state index in [1.54, 1.807) is 12.3 Å². The predicted molar refractivity (Wildman–Crippen MR) is 86.3 cm³/mol. The molecule has 1 saturated carbocycles. The fraction of sp³-hybridized carbons (Fsp3) is 0.333. The van der Waals surface area contributed by atoms with Gasteiger partial charge in [0.05, 0.1) is 5.69 Å². The molecule has 0 radical (unpaired) electrons. The van der Waals surface area contributed by atoms with Gasteiger partial charge in [-0.2, -0.15) is 0 Å². The summed E-state index contributed by atoms with van der Waals surface area (Å²) in [6.07, 6.45) is 9.32. The monoisotopic (exact) mass is 310 g/mol. The Morgan fingerprint density at radius 2 is 2.04 bits per heavy atom. The van der Waals surface area contributed by atoms with Crippen LogP contribution in [0.4, 0.5) is 4.39 Å². The van der Waals surface area contributed by atoms with Crippen LogP contribution >= 0.6 is 0 Å². The number of nitrogens with zero attached hydrogens (tertiary/aromatic N) is 4. The molecule has 0 spiro atoms. The molecule has 4 rings (SSSR count). The summed E-state index contributed by atoms with van der Waals surface area (Å²) in [5.41, 5.74) is 1.73. The molecule has 118 valence electrons. The molecule has 1 fully saturated rings. The van der Waals surface area contributed by atoms with Crippen molar-refractivity contribution in [3.05, 3.63) is 66.0 Å². The van der Waals surface area contributed by atoms with Gasteiger partial charge >= 0.3 is 0 Å². The van der Waals surface area contributed by atoms with Crippen LogP contribution in [0, 0.1) is 5.82 Å². The molecule has 2 aromatic heterocycles.